The standard InChI is InChI=1S/C19H41N5/c1-16(2)24(17(3)4)13-7-11-21-19(20-5)22-12-8-18-9-14-23(6)15-10-18/h16-18H,7-15H2,1-6H3,(H2,20,21,22). The van der Waals surface area contributed by atoms with Crippen molar-refractivity contribution >= 4 is 5.96 Å². The van der Waals surface area contributed by atoms with E-state index in [-0.39, 0.29) is 0 Å². The molecule has 0 aromatic rings. The Bertz CT molecular complexity index is 338. The highest BCUT2D eigenvalue weighted by Gasteiger charge is 2.16. The Hall–Kier alpha value is -0.810. The van der Waals surface area contributed by atoms with E-state index < -0.39 is 0 Å². The van der Waals surface area contributed by atoms with Crippen LogP contribution in [0.5, 0.6) is 0 Å². The molecule has 1 aliphatic rings. The number of nitrogens with zero attached hydrogens (tertiary/aromatic N) is 3. The fourth-order valence-electron chi connectivity index (χ4n) is 3.55. The van der Waals surface area contributed by atoms with Crippen molar-refractivity contribution in [2.75, 3.05) is 46.8 Å². The molecule has 24 heavy (non-hydrogen) atoms. The molecule has 0 aliphatic carbocycles. The minimum Gasteiger partial charge on any atom is -0.356 e. The van der Waals surface area contributed by atoms with Gasteiger partial charge in [-0.15, -0.1) is 0 Å². The molecule has 1 fully saturated rings. The third-order valence-electron chi connectivity index (χ3n) is 5.12. The van der Waals surface area contributed by atoms with Gasteiger partial charge in [0, 0.05) is 38.8 Å². The van der Waals surface area contributed by atoms with Crippen molar-refractivity contribution < 1.29 is 0 Å². The Morgan fingerprint density at radius 1 is 1.08 bits per heavy atom. The lowest BCUT2D eigenvalue weighted by molar-refractivity contribution is 0.173. The first-order valence-corrected chi connectivity index (χ1v) is 9.82. The summed E-state index contributed by atoms with van der Waals surface area (Å²) in [6, 6.07) is 1.22. The molecule has 1 aliphatic heterocycles. The molecule has 0 saturated carbocycles. The summed E-state index contributed by atoms with van der Waals surface area (Å²) in [7, 11) is 4.08. The van der Waals surface area contributed by atoms with E-state index in [0.29, 0.717) is 12.1 Å². The van der Waals surface area contributed by atoms with Crippen molar-refractivity contribution in [2.24, 2.45) is 10.9 Å². The lowest BCUT2D eigenvalue weighted by Gasteiger charge is -2.30. The maximum atomic E-state index is 4.34. The molecule has 2 N–H and O–H groups in total. The summed E-state index contributed by atoms with van der Waals surface area (Å²) < 4.78 is 0. The van der Waals surface area contributed by atoms with Crippen LogP contribution in [0.4, 0.5) is 0 Å². The summed E-state index contributed by atoms with van der Waals surface area (Å²) in [5.74, 6) is 1.82. The zero-order chi connectivity index (χ0) is 17.9. The quantitative estimate of drug-likeness (QED) is 0.385. The van der Waals surface area contributed by atoms with Gasteiger partial charge in [0.05, 0.1) is 0 Å². The van der Waals surface area contributed by atoms with Crippen LogP contribution in [0.2, 0.25) is 0 Å². The normalized spacial score (nSPS) is 18.0. The van der Waals surface area contributed by atoms with E-state index in [4.69, 9.17) is 0 Å². The van der Waals surface area contributed by atoms with E-state index in [2.05, 4.69) is 60.2 Å². The number of hydrogen-bond acceptors (Lipinski definition) is 3. The van der Waals surface area contributed by atoms with Crippen molar-refractivity contribution in [3.05, 3.63) is 0 Å². The Kier molecular flexibility index (Phi) is 10.3. The predicted molar refractivity (Wildman–Crippen MR) is 106 cm³/mol. The van der Waals surface area contributed by atoms with Crippen molar-refractivity contribution in [3.63, 3.8) is 0 Å². The minimum atomic E-state index is 0.608. The van der Waals surface area contributed by atoms with E-state index in [1.54, 1.807) is 0 Å². The lowest BCUT2D eigenvalue weighted by atomic mass is 9.94. The van der Waals surface area contributed by atoms with Crippen LogP contribution < -0.4 is 10.6 Å². The largest absolute Gasteiger partial charge is 0.356 e. The van der Waals surface area contributed by atoms with Gasteiger partial charge in [0.2, 0.25) is 0 Å². The highest BCUT2D eigenvalue weighted by molar-refractivity contribution is 5.79. The average Bonchev–Trinajstić information content (AvgIpc) is 2.54. The van der Waals surface area contributed by atoms with Gasteiger partial charge in [0.25, 0.3) is 0 Å². The molecular weight excluding hydrogens is 298 g/mol. The van der Waals surface area contributed by atoms with Crippen molar-refractivity contribution in [3.8, 4) is 0 Å². The highest BCUT2D eigenvalue weighted by atomic mass is 15.2. The first-order chi connectivity index (χ1) is 11.4. The molecule has 142 valence electrons. The maximum absolute atomic E-state index is 4.34. The van der Waals surface area contributed by atoms with Crippen molar-refractivity contribution in [1.29, 1.82) is 0 Å². The molecule has 5 heteroatoms. The van der Waals surface area contributed by atoms with Crippen LogP contribution in [0.25, 0.3) is 0 Å². The SMILES string of the molecule is CN=C(NCCCN(C(C)C)C(C)C)NCCC1CCN(C)CC1. The second kappa shape index (κ2) is 11.7. The first-order valence-electron chi connectivity index (χ1n) is 9.82. The molecule has 0 bridgehead atoms. The average molecular weight is 340 g/mol. The van der Waals surface area contributed by atoms with Gasteiger partial charge < -0.3 is 15.5 Å². The van der Waals surface area contributed by atoms with Gasteiger partial charge in [-0.25, -0.2) is 0 Å². The Morgan fingerprint density at radius 2 is 1.67 bits per heavy atom. The van der Waals surface area contributed by atoms with Gasteiger partial charge in [-0.05, 0) is 79.4 Å². The van der Waals surface area contributed by atoms with E-state index in [0.717, 1.165) is 37.9 Å². The molecule has 0 atom stereocenters. The summed E-state index contributed by atoms with van der Waals surface area (Å²) in [6.45, 7) is 14.7. The molecule has 0 radical (unpaired) electrons. The Balaban J connectivity index is 2.14. The monoisotopic (exact) mass is 339 g/mol. The van der Waals surface area contributed by atoms with Crippen LogP contribution >= 0.6 is 0 Å². The van der Waals surface area contributed by atoms with Gasteiger partial charge in [-0.3, -0.25) is 9.89 Å². The van der Waals surface area contributed by atoms with Crippen molar-refractivity contribution in [2.45, 2.75) is 65.5 Å². The second-order valence-electron chi connectivity index (χ2n) is 7.74. The lowest BCUT2D eigenvalue weighted by Crippen LogP contribution is -2.42. The summed E-state index contributed by atoms with van der Waals surface area (Å²) in [6.07, 6.45) is 5.07. The Morgan fingerprint density at radius 3 is 2.21 bits per heavy atom. The van der Waals surface area contributed by atoms with E-state index >= 15 is 0 Å². The topological polar surface area (TPSA) is 42.9 Å². The van der Waals surface area contributed by atoms with Crippen molar-refractivity contribution in [1.82, 2.24) is 20.4 Å². The second-order valence-corrected chi connectivity index (χ2v) is 7.74. The van der Waals surface area contributed by atoms with E-state index in [1.807, 2.05) is 7.05 Å². The van der Waals surface area contributed by atoms with Crippen LogP contribution in [0.3, 0.4) is 0 Å². The molecule has 0 spiro atoms. The van der Waals surface area contributed by atoms with Crippen LogP contribution in [-0.4, -0.2) is 74.7 Å². The van der Waals surface area contributed by atoms with Crippen LogP contribution in [0, 0.1) is 5.92 Å². The van der Waals surface area contributed by atoms with Crippen LogP contribution in [-0.2, 0) is 0 Å². The highest BCUT2D eigenvalue weighted by Crippen LogP contribution is 2.18. The fourth-order valence-corrected chi connectivity index (χ4v) is 3.55. The summed E-state index contributed by atoms with van der Waals surface area (Å²) in [5.41, 5.74) is 0. The van der Waals surface area contributed by atoms with Crippen LogP contribution in [0.15, 0.2) is 4.99 Å². The van der Waals surface area contributed by atoms with Crippen LogP contribution in [0.1, 0.15) is 53.4 Å². The zero-order valence-electron chi connectivity index (χ0n) is 16.9. The van der Waals surface area contributed by atoms with Gasteiger partial charge in [0.1, 0.15) is 0 Å². The summed E-state index contributed by atoms with van der Waals surface area (Å²) >= 11 is 0. The molecule has 1 saturated heterocycles. The molecule has 0 aromatic heterocycles. The number of piperidine rings is 1. The van der Waals surface area contributed by atoms with Gasteiger partial charge >= 0.3 is 0 Å². The third kappa shape index (κ3) is 8.34. The van der Waals surface area contributed by atoms with Gasteiger partial charge in [-0.1, -0.05) is 0 Å². The smallest absolute Gasteiger partial charge is 0.190 e. The van der Waals surface area contributed by atoms with E-state index in [9.17, 15) is 0 Å². The molecule has 1 rings (SSSR count). The minimum absolute atomic E-state index is 0.608. The molecule has 0 aromatic carbocycles. The predicted octanol–water partition coefficient (Wildman–Crippen LogP) is 2.39. The number of rotatable bonds is 9. The molecule has 5 nitrogen and oxygen atoms in total. The fraction of sp³-hybridized carbons (Fsp3) is 0.947. The number of hydrogen-bond donors (Lipinski definition) is 2. The zero-order valence-corrected chi connectivity index (χ0v) is 16.9. The van der Waals surface area contributed by atoms with E-state index in [1.165, 1.54) is 32.4 Å². The molecule has 0 unspecified atom stereocenters. The molecular formula is C19H41N5. The molecule has 1 heterocycles. The number of aliphatic imine (C=N–C) groups is 1. The maximum Gasteiger partial charge on any atom is 0.190 e. The first kappa shape index (κ1) is 21.2. The third-order valence-corrected chi connectivity index (χ3v) is 5.12. The molecule has 0 amide bonds. The summed E-state index contributed by atoms with van der Waals surface area (Å²) in [4.78, 5) is 9.31. The Labute approximate surface area is 150 Å². The summed E-state index contributed by atoms with van der Waals surface area (Å²) in [5, 5.41) is 6.92. The van der Waals surface area contributed by atoms with Gasteiger partial charge in [-0.2, -0.15) is 0 Å². The number of guanidine groups is 1. The number of nitrogens with one attached hydrogen (secondary N) is 2. The number of likely N-dealkylation sites (tertiary alicyclic amines) is 1. The van der Waals surface area contributed by atoms with Gasteiger partial charge in [0.15, 0.2) is 5.96 Å².